The van der Waals surface area contributed by atoms with E-state index >= 15 is 0 Å². The van der Waals surface area contributed by atoms with E-state index in [1.54, 1.807) is 0 Å². The van der Waals surface area contributed by atoms with Crippen LogP contribution in [0.25, 0.3) is 0 Å². The molecule has 2 saturated carbocycles. The molecule has 3 atom stereocenters. The van der Waals surface area contributed by atoms with Crippen LogP contribution in [-0.4, -0.2) is 59.1 Å². The average Bonchev–Trinajstić information content (AvgIpc) is 3.24. The van der Waals surface area contributed by atoms with Gasteiger partial charge in [0.2, 0.25) is 5.91 Å². The molecular weight excluding hydrogens is 384 g/mol. The summed E-state index contributed by atoms with van der Waals surface area (Å²) in [6.45, 7) is 2.91. The highest BCUT2D eigenvalue weighted by Gasteiger charge is 2.49. The first-order valence-corrected chi connectivity index (χ1v) is 12.5. The summed E-state index contributed by atoms with van der Waals surface area (Å²) in [6, 6.07) is 9.19. The molecule has 4 heteroatoms. The summed E-state index contributed by atoms with van der Waals surface area (Å²) < 4.78 is 0. The average molecular weight is 421 g/mol. The quantitative estimate of drug-likeness (QED) is 0.757. The van der Waals surface area contributed by atoms with Crippen LogP contribution >= 0.6 is 0 Å². The van der Waals surface area contributed by atoms with E-state index in [2.05, 4.69) is 45.9 Å². The number of carbonyl (C=O) groups is 1. The molecule has 2 aliphatic carbocycles. The molecule has 0 aromatic heterocycles. The number of benzene rings is 1. The Hall–Kier alpha value is -1.83. The molecular formula is C27H36N2O2. The van der Waals surface area contributed by atoms with Gasteiger partial charge in [-0.3, -0.25) is 9.69 Å². The summed E-state index contributed by atoms with van der Waals surface area (Å²) in [5, 5.41) is 10.1. The molecule has 4 nitrogen and oxygen atoms in total. The van der Waals surface area contributed by atoms with Crippen LogP contribution in [0.15, 0.2) is 24.3 Å². The highest BCUT2D eigenvalue weighted by atomic mass is 16.3. The molecule has 1 aromatic rings. The Kier molecular flexibility index (Phi) is 6.34. The van der Waals surface area contributed by atoms with Gasteiger partial charge in [0.05, 0.1) is 6.61 Å². The molecule has 166 valence electrons. The van der Waals surface area contributed by atoms with Crippen LogP contribution in [0.3, 0.4) is 0 Å². The molecule has 1 amide bonds. The van der Waals surface area contributed by atoms with E-state index in [1.165, 1.54) is 37.7 Å². The summed E-state index contributed by atoms with van der Waals surface area (Å²) >= 11 is 0. The molecule has 5 rings (SSSR count). The van der Waals surface area contributed by atoms with Gasteiger partial charge in [-0.1, -0.05) is 43.2 Å². The maximum Gasteiger partial charge on any atom is 0.225 e. The van der Waals surface area contributed by atoms with E-state index < -0.39 is 0 Å². The Morgan fingerprint density at radius 1 is 0.968 bits per heavy atom. The minimum absolute atomic E-state index is 0.166. The first-order valence-electron chi connectivity index (χ1n) is 12.5. The van der Waals surface area contributed by atoms with Gasteiger partial charge in [-0.05, 0) is 62.8 Å². The summed E-state index contributed by atoms with van der Waals surface area (Å²) in [7, 11) is 0. The second-order valence-electron chi connectivity index (χ2n) is 10.1. The lowest BCUT2D eigenvalue weighted by molar-refractivity contribution is -0.143. The fourth-order valence-corrected chi connectivity index (χ4v) is 6.10. The molecule has 0 spiro atoms. The highest BCUT2D eigenvalue weighted by molar-refractivity contribution is 5.79. The lowest BCUT2D eigenvalue weighted by Gasteiger charge is -2.57. The number of aliphatic hydroxyl groups excluding tert-OH is 1. The van der Waals surface area contributed by atoms with Gasteiger partial charge in [0.15, 0.2) is 0 Å². The molecule has 4 aliphatic rings. The summed E-state index contributed by atoms with van der Waals surface area (Å²) in [5.74, 6) is 8.32. The van der Waals surface area contributed by atoms with E-state index in [4.69, 9.17) is 0 Å². The Morgan fingerprint density at radius 2 is 1.71 bits per heavy atom. The third-order valence-electron chi connectivity index (χ3n) is 8.21. The van der Waals surface area contributed by atoms with Crippen molar-refractivity contribution in [1.29, 1.82) is 0 Å². The highest BCUT2D eigenvalue weighted by Crippen LogP contribution is 2.42. The minimum Gasteiger partial charge on any atom is -0.395 e. The third kappa shape index (κ3) is 4.28. The first kappa shape index (κ1) is 21.0. The fourth-order valence-electron chi connectivity index (χ4n) is 6.10. The number of nitrogens with zero attached hydrogens (tertiary/aromatic N) is 2. The monoisotopic (exact) mass is 420 g/mol. The zero-order chi connectivity index (χ0) is 21.2. The zero-order valence-corrected chi connectivity index (χ0v) is 18.6. The van der Waals surface area contributed by atoms with E-state index in [9.17, 15) is 9.90 Å². The van der Waals surface area contributed by atoms with Crippen molar-refractivity contribution >= 4 is 5.91 Å². The molecule has 4 fully saturated rings. The Labute approximate surface area is 187 Å². The van der Waals surface area contributed by atoms with Crippen molar-refractivity contribution in [2.75, 3.05) is 26.2 Å². The predicted octanol–water partition coefficient (Wildman–Crippen LogP) is 3.78. The van der Waals surface area contributed by atoms with Crippen LogP contribution in [-0.2, 0) is 4.79 Å². The molecule has 1 aromatic carbocycles. The van der Waals surface area contributed by atoms with Crippen molar-refractivity contribution in [3.63, 3.8) is 0 Å². The standard InChI is InChI=1S/C27H36N2O2/c30-19-25-26(22-14-12-21(13-15-22)11-10-20-6-1-2-7-20)24-18-28(16-3-4-17-29(24)25)27(31)23-8-5-9-23/h12-15,20,23-26,30H,1-9,16-19H2/t24-,25-,26-/m1/s1. The second-order valence-corrected chi connectivity index (χ2v) is 10.1. The number of hydrogen-bond acceptors (Lipinski definition) is 3. The fraction of sp³-hybridized carbons (Fsp3) is 0.667. The van der Waals surface area contributed by atoms with Crippen LogP contribution in [0.5, 0.6) is 0 Å². The van der Waals surface area contributed by atoms with Crippen LogP contribution in [0, 0.1) is 23.7 Å². The largest absolute Gasteiger partial charge is 0.395 e. The molecule has 2 heterocycles. The van der Waals surface area contributed by atoms with Crippen molar-refractivity contribution in [2.45, 2.75) is 75.8 Å². The molecule has 2 aliphatic heterocycles. The van der Waals surface area contributed by atoms with E-state index in [0.717, 1.165) is 50.9 Å². The number of rotatable bonds is 3. The molecule has 31 heavy (non-hydrogen) atoms. The summed E-state index contributed by atoms with van der Waals surface area (Å²) in [4.78, 5) is 17.6. The van der Waals surface area contributed by atoms with Gasteiger partial charge in [-0.25, -0.2) is 0 Å². The van der Waals surface area contributed by atoms with Gasteiger partial charge >= 0.3 is 0 Å². The Morgan fingerprint density at radius 3 is 2.39 bits per heavy atom. The van der Waals surface area contributed by atoms with Crippen LogP contribution in [0.1, 0.15) is 74.8 Å². The molecule has 2 saturated heterocycles. The van der Waals surface area contributed by atoms with Gasteiger partial charge < -0.3 is 10.0 Å². The van der Waals surface area contributed by atoms with E-state index in [-0.39, 0.29) is 24.5 Å². The normalized spacial score (nSPS) is 29.7. The van der Waals surface area contributed by atoms with Crippen molar-refractivity contribution in [2.24, 2.45) is 11.8 Å². The van der Waals surface area contributed by atoms with E-state index in [1.807, 2.05) is 0 Å². The van der Waals surface area contributed by atoms with Crippen molar-refractivity contribution in [3.05, 3.63) is 35.4 Å². The van der Waals surface area contributed by atoms with Gasteiger partial charge in [0.1, 0.15) is 0 Å². The van der Waals surface area contributed by atoms with Crippen LogP contribution in [0.4, 0.5) is 0 Å². The summed E-state index contributed by atoms with van der Waals surface area (Å²) in [6.07, 6.45) is 10.6. The number of hydrogen-bond donors (Lipinski definition) is 1. The predicted molar refractivity (Wildman–Crippen MR) is 123 cm³/mol. The summed E-state index contributed by atoms with van der Waals surface area (Å²) in [5.41, 5.74) is 2.37. The van der Waals surface area contributed by atoms with Crippen LogP contribution in [0.2, 0.25) is 0 Å². The lowest BCUT2D eigenvalue weighted by Crippen LogP contribution is -2.68. The number of fused-ring (bicyclic) bond motifs is 1. The SMILES string of the molecule is O=C(C1CCC1)N1CCCCN2[C@H](CO)[C@H](c3ccc(C#CC4CCCC4)cc3)[C@H]2C1. The number of carbonyl (C=O) groups excluding carboxylic acids is 1. The molecule has 0 bridgehead atoms. The Bertz CT molecular complexity index is 829. The Balaban J connectivity index is 1.31. The zero-order valence-electron chi connectivity index (χ0n) is 18.6. The lowest BCUT2D eigenvalue weighted by atomic mass is 9.74. The van der Waals surface area contributed by atoms with Crippen molar-refractivity contribution in [3.8, 4) is 11.8 Å². The number of amides is 1. The molecule has 0 radical (unpaired) electrons. The minimum atomic E-state index is 0.166. The molecule has 1 N–H and O–H groups in total. The van der Waals surface area contributed by atoms with E-state index in [0.29, 0.717) is 17.9 Å². The topological polar surface area (TPSA) is 43.8 Å². The third-order valence-corrected chi connectivity index (χ3v) is 8.21. The van der Waals surface area contributed by atoms with Crippen LogP contribution < -0.4 is 0 Å². The maximum absolute atomic E-state index is 13.0. The van der Waals surface area contributed by atoms with Gasteiger partial charge in [0.25, 0.3) is 0 Å². The smallest absolute Gasteiger partial charge is 0.225 e. The van der Waals surface area contributed by atoms with Crippen molar-refractivity contribution < 1.29 is 9.90 Å². The number of aliphatic hydroxyl groups is 1. The first-order chi connectivity index (χ1) is 15.2. The maximum atomic E-state index is 13.0. The van der Waals surface area contributed by atoms with Gasteiger partial charge in [-0.2, -0.15) is 0 Å². The van der Waals surface area contributed by atoms with Gasteiger partial charge in [-0.15, -0.1) is 0 Å². The molecule has 0 unspecified atom stereocenters. The van der Waals surface area contributed by atoms with Gasteiger partial charge in [0, 0.05) is 48.5 Å². The second kappa shape index (κ2) is 9.35. The van der Waals surface area contributed by atoms with Crippen molar-refractivity contribution in [1.82, 2.24) is 9.80 Å².